The molecular weight excluding hydrogens is 444 g/mol. The topological polar surface area (TPSA) is 103 Å². The second-order valence-electron chi connectivity index (χ2n) is 6.79. The van der Waals surface area contributed by atoms with Gasteiger partial charge in [0.05, 0.1) is 9.90 Å². The predicted molar refractivity (Wildman–Crippen MR) is 127 cm³/mol. The van der Waals surface area contributed by atoms with Gasteiger partial charge in [0.25, 0.3) is 0 Å². The summed E-state index contributed by atoms with van der Waals surface area (Å²) >= 11 is 1.15. The monoisotopic (exact) mass is 463 g/mol. The van der Waals surface area contributed by atoms with Gasteiger partial charge in [0.15, 0.2) is 5.78 Å². The number of aryl methyl sites for hydroxylation is 1. The van der Waals surface area contributed by atoms with Crippen molar-refractivity contribution in [2.45, 2.75) is 18.2 Å². The molecule has 0 atom stereocenters. The van der Waals surface area contributed by atoms with Gasteiger partial charge in [-0.25, -0.2) is 8.42 Å². The van der Waals surface area contributed by atoms with Crippen LogP contribution in [0.2, 0.25) is 0 Å². The van der Waals surface area contributed by atoms with E-state index in [0.717, 1.165) is 27.1 Å². The lowest BCUT2D eigenvalue weighted by molar-refractivity contribution is 0.104. The molecule has 0 aliphatic rings. The summed E-state index contributed by atoms with van der Waals surface area (Å²) in [7, 11) is -3.88. The Morgan fingerprint density at radius 1 is 1.03 bits per heavy atom. The van der Waals surface area contributed by atoms with Crippen LogP contribution in [-0.2, 0) is 16.4 Å². The first-order valence-corrected chi connectivity index (χ1v) is 12.1. The van der Waals surface area contributed by atoms with Crippen molar-refractivity contribution in [3.8, 4) is 0 Å². The van der Waals surface area contributed by atoms with Gasteiger partial charge in [0.2, 0.25) is 10.0 Å². The summed E-state index contributed by atoms with van der Waals surface area (Å²) in [6, 6.07) is 19.4. The lowest BCUT2D eigenvalue weighted by atomic mass is 10.0. The van der Waals surface area contributed by atoms with Crippen molar-refractivity contribution in [1.29, 1.82) is 0 Å². The van der Waals surface area contributed by atoms with E-state index in [2.05, 4.69) is 20.2 Å². The molecule has 1 aromatic heterocycles. The van der Waals surface area contributed by atoms with Crippen molar-refractivity contribution < 1.29 is 13.2 Å². The molecule has 1 N–H and O–H groups in total. The molecule has 0 unspecified atom stereocenters. The number of rotatable bonds is 8. The van der Waals surface area contributed by atoms with Crippen molar-refractivity contribution in [3.05, 3.63) is 94.3 Å². The summed E-state index contributed by atoms with van der Waals surface area (Å²) in [6.07, 6.45) is 3.65. The van der Waals surface area contributed by atoms with Gasteiger partial charge in [-0.15, -0.1) is 11.3 Å². The second-order valence-corrected chi connectivity index (χ2v) is 9.44. The van der Waals surface area contributed by atoms with Crippen LogP contribution in [0.5, 0.6) is 0 Å². The number of sulfonamides is 1. The molecule has 0 aliphatic heterocycles. The maximum atomic E-state index is 12.6. The minimum absolute atomic E-state index is 0.0482. The Morgan fingerprint density at radius 3 is 2.53 bits per heavy atom. The average molecular weight is 464 g/mol. The lowest BCUT2D eigenvalue weighted by Crippen LogP contribution is -1.99. The summed E-state index contributed by atoms with van der Waals surface area (Å²) in [6.45, 7) is 1.91. The van der Waals surface area contributed by atoms with Crippen LogP contribution in [0.1, 0.15) is 22.3 Å². The van der Waals surface area contributed by atoms with Gasteiger partial charge >= 0.3 is 0 Å². The van der Waals surface area contributed by atoms with E-state index < -0.39 is 10.0 Å². The molecule has 9 heteroatoms. The van der Waals surface area contributed by atoms with Gasteiger partial charge in [0.1, 0.15) is 0 Å². The second kappa shape index (κ2) is 9.29. The first-order valence-electron chi connectivity index (χ1n) is 9.82. The maximum absolute atomic E-state index is 12.6. The number of fused-ring (bicyclic) bond motifs is 1. The highest BCUT2D eigenvalue weighted by molar-refractivity contribution is 7.94. The van der Waals surface area contributed by atoms with Gasteiger partial charge in [-0.3, -0.25) is 9.89 Å². The highest BCUT2D eigenvalue weighted by Crippen LogP contribution is 2.31. The summed E-state index contributed by atoms with van der Waals surface area (Å²) in [5, 5.41) is 13.4. The maximum Gasteiger partial charge on any atom is 0.203 e. The SMILES string of the molecule is CCc1nnc([N-]S(=O)(=O)c2ccc(N/C=C/C(=O)c3cccc4ccccc34)cc2)s1. The quantitative estimate of drug-likeness (QED) is 0.275. The number of hydrogen-bond donors (Lipinski definition) is 1. The molecule has 0 spiro atoms. The van der Waals surface area contributed by atoms with Gasteiger partial charge < -0.3 is 15.1 Å². The molecule has 0 amide bonds. The van der Waals surface area contributed by atoms with Crippen LogP contribution in [0.15, 0.2) is 83.9 Å². The number of nitrogens with zero attached hydrogens (tertiary/aromatic N) is 3. The Morgan fingerprint density at radius 2 is 1.78 bits per heavy atom. The number of benzene rings is 3. The third-order valence-electron chi connectivity index (χ3n) is 4.65. The zero-order valence-electron chi connectivity index (χ0n) is 17.1. The summed E-state index contributed by atoms with van der Waals surface area (Å²) < 4.78 is 28.7. The largest absolute Gasteiger partial charge is 0.362 e. The molecule has 0 radical (unpaired) electrons. The van der Waals surface area contributed by atoms with E-state index in [0.29, 0.717) is 17.7 Å². The summed E-state index contributed by atoms with van der Waals surface area (Å²) in [5.41, 5.74) is 1.25. The molecule has 0 aliphatic carbocycles. The van der Waals surface area contributed by atoms with Crippen molar-refractivity contribution in [1.82, 2.24) is 10.2 Å². The van der Waals surface area contributed by atoms with Gasteiger partial charge in [-0.05, 0) is 41.5 Å². The fraction of sp³-hybridized carbons (Fsp3) is 0.0870. The average Bonchev–Trinajstić information content (AvgIpc) is 3.26. The highest BCUT2D eigenvalue weighted by atomic mass is 32.2. The molecule has 1 heterocycles. The summed E-state index contributed by atoms with van der Waals surface area (Å²) in [5.74, 6) is -0.129. The molecule has 3 aromatic carbocycles. The normalized spacial score (nSPS) is 11.7. The number of carbonyl (C=O) groups excluding carboxylic acids is 1. The third kappa shape index (κ3) is 4.84. The van der Waals surface area contributed by atoms with E-state index in [9.17, 15) is 13.2 Å². The van der Waals surface area contributed by atoms with E-state index >= 15 is 0 Å². The van der Waals surface area contributed by atoms with Gasteiger partial charge in [-0.2, -0.15) is 0 Å². The van der Waals surface area contributed by atoms with Crippen LogP contribution in [0.25, 0.3) is 15.5 Å². The van der Waals surface area contributed by atoms with Crippen LogP contribution in [-0.4, -0.2) is 24.4 Å². The van der Waals surface area contributed by atoms with Crippen molar-refractivity contribution >= 4 is 48.7 Å². The van der Waals surface area contributed by atoms with E-state index in [1.165, 1.54) is 24.4 Å². The molecule has 162 valence electrons. The zero-order chi connectivity index (χ0) is 22.6. The zero-order valence-corrected chi connectivity index (χ0v) is 18.7. The minimum atomic E-state index is -3.88. The Labute approximate surface area is 189 Å². The smallest absolute Gasteiger partial charge is 0.203 e. The van der Waals surface area contributed by atoms with Crippen LogP contribution in [0.3, 0.4) is 0 Å². The Kier molecular flexibility index (Phi) is 6.29. The molecule has 0 saturated heterocycles. The molecule has 0 bridgehead atoms. The first-order chi connectivity index (χ1) is 15.5. The molecule has 7 nitrogen and oxygen atoms in total. The first kappa shape index (κ1) is 21.7. The molecule has 4 rings (SSSR count). The number of anilines is 1. The number of hydrogen-bond acceptors (Lipinski definition) is 7. The van der Waals surface area contributed by atoms with Crippen molar-refractivity contribution in [2.75, 3.05) is 5.32 Å². The van der Waals surface area contributed by atoms with E-state index in [-0.39, 0.29) is 15.8 Å². The summed E-state index contributed by atoms with van der Waals surface area (Å²) in [4.78, 5) is 12.7. The number of aromatic nitrogens is 2. The van der Waals surface area contributed by atoms with Crippen molar-refractivity contribution in [2.24, 2.45) is 0 Å². The Hall–Kier alpha value is -3.56. The molecule has 32 heavy (non-hydrogen) atoms. The molecule has 0 fully saturated rings. The van der Waals surface area contributed by atoms with Crippen molar-refractivity contribution in [3.63, 3.8) is 0 Å². The van der Waals surface area contributed by atoms with Crippen LogP contribution >= 0.6 is 11.3 Å². The number of allylic oxidation sites excluding steroid dienone is 1. The van der Waals surface area contributed by atoms with E-state index in [4.69, 9.17) is 0 Å². The molecule has 0 saturated carbocycles. The molecular formula is C23H19N4O3S2-. The fourth-order valence-electron chi connectivity index (χ4n) is 3.05. The fourth-order valence-corrected chi connectivity index (χ4v) is 4.84. The lowest BCUT2D eigenvalue weighted by Gasteiger charge is -2.11. The highest BCUT2D eigenvalue weighted by Gasteiger charge is 2.11. The van der Waals surface area contributed by atoms with Gasteiger partial charge in [-0.1, -0.05) is 49.4 Å². The van der Waals surface area contributed by atoms with E-state index in [1.54, 1.807) is 18.2 Å². The number of ketones is 1. The van der Waals surface area contributed by atoms with Crippen LogP contribution in [0.4, 0.5) is 10.8 Å². The number of nitrogens with one attached hydrogen (secondary N) is 1. The third-order valence-corrected chi connectivity index (χ3v) is 7.01. The number of carbonyl (C=O) groups is 1. The van der Waals surface area contributed by atoms with Crippen LogP contribution in [0, 0.1) is 0 Å². The Bertz CT molecular complexity index is 1390. The van der Waals surface area contributed by atoms with Crippen LogP contribution < -0.4 is 5.32 Å². The van der Waals surface area contributed by atoms with E-state index in [1.807, 2.05) is 43.3 Å². The molecule has 4 aromatic rings. The predicted octanol–water partition coefficient (Wildman–Crippen LogP) is 5.46. The standard InChI is InChI=1S/C23H20N4O3S2/c1-2-22-25-26-23(31-22)27-32(29,30)18-12-10-17(11-13-18)24-15-14-21(28)20-9-5-7-16-6-3-4-8-19(16)20/h3-15H,2H2,1H3,(H2,24,26,27,28)/p-1. The van der Waals surface area contributed by atoms with Gasteiger partial charge in [0, 0.05) is 28.7 Å². The Balaban J connectivity index is 1.42. The minimum Gasteiger partial charge on any atom is -0.362 e.